The predicted octanol–water partition coefficient (Wildman–Crippen LogP) is 2.52. The van der Waals surface area contributed by atoms with Crippen molar-refractivity contribution in [3.63, 3.8) is 0 Å². The standard InChI is InChI=1S/C13H15NO2/c1-8-9(2)13(16)14(10(8)3)11-4-6-12(15)7-5-11/h4-9,15H,3H2,1-2H3. The fourth-order valence-electron chi connectivity index (χ4n) is 1.95. The fourth-order valence-corrected chi connectivity index (χ4v) is 1.95. The van der Waals surface area contributed by atoms with Gasteiger partial charge in [-0.2, -0.15) is 0 Å². The van der Waals surface area contributed by atoms with E-state index in [2.05, 4.69) is 6.58 Å². The van der Waals surface area contributed by atoms with Crippen molar-refractivity contribution in [1.29, 1.82) is 0 Å². The number of carbonyl (C=O) groups excluding carboxylic acids is 1. The maximum absolute atomic E-state index is 12.0. The lowest BCUT2D eigenvalue weighted by Crippen LogP contribution is -2.24. The summed E-state index contributed by atoms with van der Waals surface area (Å²) in [7, 11) is 0. The van der Waals surface area contributed by atoms with Crippen LogP contribution in [0.3, 0.4) is 0 Å². The zero-order chi connectivity index (χ0) is 11.9. The van der Waals surface area contributed by atoms with Crippen LogP contribution in [0, 0.1) is 11.8 Å². The van der Waals surface area contributed by atoms with Gasteiger partial charge in [-0.25, -0.2) is 0 Å². The van der Waals surface area contributed by atoms with Crippen LogP contribution in [-0.4, -0.2) is 11.0 Å². The molecule has 84 valence electrons. The summed E-state index contributed by atoms with van der Waals surface area (Å²) in [5.41, 5.74) is 1.59. The number of phenols is 1. The number of amides is 1. The molecule has 1 aliphatic rings. The van der Waals surface area contributed by atoms with Gasteiger partial charge in [0.05, 0.1) is 0 Å². The lowest BCUT2D eigenvalue weighted by atomic mass is 9.98. The molecule has 1 aromatic carbocycles. The van der Waals surface area contributed by atoms with Gasteiger partial charge in [0.25, 0.3) is 0 Å². The van der Waals surface area contributed by atoms with Gasteiger partial charge in [-0.3, -0.25) is 9.69 Å². The largest absolute Gasteiger partial charge is 0.508 e. The molecule has 2 atom stereocenters. The number of rotatable bonds is 1. The number of aromatic hydroxyl groups is 1. The second kappa shape index (κ2) is 3.67. The molecule has 1 amide bonds. The second-order valence-corrected chi connectivity index (χ2v) is 4.26. The molecule has 0 spiro atoms. The van der Waals surface area contributed by atoms with E-state index in [1.807, 2.05) is 13.8 Å². The van der Waals surface area contributed by atoms with Crippen molar-refractivity contribution >= 4 is 11.6 Å². The molecule has 1 saturated heterocycles. The smallest absolute Gasteiger partial charge is 0.234 e. The zero-order valence-corrected chi connectivity index (χ0v) is 9.47. The van der Waals surface area contributed by atoms with Gasteiger partial charge >= 0.3 is 0 Å². The van der Waals surface area contributed by atoms with E-state index in [0.29, 0.717) is 0 Å². The summed E-state index contributed by atoms with van der Waals surface area (Å²) in [5.74, 6) is 0.410. The molecular weight excluding hydrogens is 202 g/mol. The SMILES string of the molecule is C=C1C(C)C(C)C(=O)N1c1ccc(O)cc1. The molecule has 3 heteroatoms. The van der Waals surface area contributed by atoms with E-state index >= 15 is 0 Å². The molecule has 1 aromatic rings. The number of nitrogens with zero attached hydrogens (tertiary/aromatic N) is 1. The van der Waals surface area contributed by atoms with Crippen molar-refractivity contribution in [3.05, 3.63) is 36.5 Å². The first kappa shape index (κ1) is 10.7. The Morgan fingerprint density at radius 1 is 1.19 bits per heavy atom. The Balaban J connectivity index is 2.38. The number of carbonyl (C=O) groups is 1. The van der Waals surface area contributed by atoms with Crippen molar-refractivity contribution in [2.75, 3.05) is 4.90 Å². The summed E-state index contributed by atoms with van der Waals surface area (Å²) in [6.45, 7) is 7.88. The Morgan fingerprint density at radius 3 is 2.19 bits per heavy atom. The molecule has 0 radical (unpaired) electrons. The summed E-state index contributed by atoms with van der Waals surface area (Å²) in [6, 6.07) is 6.60. The Kier molecular flexibility index (Phi) is 2.46. The predicted molar refractivity (Wildman–Crippen MR) is 63.1 cm³/mol. The minimum atomic E-state index is -0.0266. The number of allylic oxidation sites excluding steroid dienone is 1. The molecule has 0 saturated carbocycles. The average Bonchev–Trinajstić information content (AvgIpc) is 2.46. The van der Waals surface area contributed by atoms with Gasteiger partial charge in [0.15, 0.2) is 0 Å². The number of hydrogen-bond donors (Lipinski definition) is 1. The average molecular weight is 217 g/mol. The highest BCUT2D eigenvalue weighted by molar-refractivity contribution is 6.01. The van der Waals surface area contributed by atoms with Gasteiger partial charge in [-0.1, -0.05) is 20.4 Å². The van der Waals surface area contributed by atoms with Crippen LogP contribution in [0.2, 0.25) is 0 Å². The summed E-state index contributed by atoms with van der Waals surface area (Å²) in [6.07, 6.45) is 0. The fraction of sp³-hybridized carbons (Fsp3) is 0.308. The van der Waals surface area contributed by atoms with E-state index in [4.69, 9.17) is 0 Å². The number of phenolic OH excluding ortho intramolecular Hbond substituents is 1. The van der Waals surface area contributed by atoms with E-state index in [0.717, 1.165) is 11.4 Å². The molecule has 0 aromatic heterocycles. The topological polar surface area (TPSA) is 40.5 Å². The molecule has 2 unspecified atom stereocenters. The van der Waals surface area contributed by atoms with E-state index in [1.54, 1.807) is 29.2 Å². The maximum Gasteiger partial charge on any atom is 0.234 e. The lowest BCUT2D eigenvalue weighted by molar-refractivity contribution is -0.120. The summed E-state index contributed by atoms with van der Waals surface area (Å²) in [5, 5.41) is 9.21. The molecule has 0 aliphatic carbocycles. The Hall–Kier alpha value is -1.77. The van der Waals surface area contributed by atoms with Crippen LogP contribution in [0.5, 0.6) is 5.75 Å². The lowest BCUT2D eigenvalue weighted by Gasteiger charge is -2.18. The van der Waals surface area contributed by atoms with E-state index < -0.39 is 0 Å². The molecule has 0 bridgehead atoms. The van der Waals surface area contributed by atoms with Crippen molar-refractivity contribution in [2.24, 2.45) is 11.8 Å². The summed E-state index contributed by atoms with van der Waals surface area (Å²) in [4.78, 5) is 13.6. The first-order chi connectivity index (χ1) is 7.52. The van der Waals surface area contributed by atoms with E-state index in [1.165, 1.54) is 0 Å². The van der Waals surface area contributed by atoms with Crippen LogP contribution >= 0.6 is 0 Å². The Morgan fingerprint density at radius 2 is 1.75 bits per heavy atom. The highest BCUT2D eigenvalue weighted by atomic mass is 16.3. The Labute approximate surface area is 95.0 Å². The molecule has 2 rings (SSSR count). The number of benzene rings is 1. The quantitative estimate of drug-likeness (QED) is 0.785. The normalized spacial score (nSPS) is 25.2. The van der Waals surface area contributed by atoms with Crippen molar-refractivity contribution in [2.45, 2.75) is 13.8 Å². The van der Waals surface area contributed by atoms with E-state index in [9.17, 15) is 9.90 Å². The monoisotopic (exact) mass is 217 g/mol. The van der Waals surface area contributed by atoms with Crippen LogP contribution < -0.4 is 4.90 Å². The first-order valence-electron chi connectivity index (χ1n) is 5.34. The zero-order valence-electron chi connectivity index (χ0n) is 9.47. The van der Waals surface area contributed by atoms with Crippen LogP contribution in [0.4, 0.5) is 5.69 Å². The van der Waals surface area contributed by atoms with Crippen LogP contribution in [0.1, 0.15) is 13.8 Å². The number of anilines is 1. The van der Waals surface area contributed by atoms with Crippen molar-refractivity contribution in [1.82, 2.24) is 0 Å². The van der Waals surface area contributed by atoms with Gasteiger partial charge in [0.2, 0.25) is 5.91 Å². The molecule has 3 nitrogen and oxygen atoms in total. The van der Waals surface area contributed by atoms with Crippen LogP contribution in [-0.2, 0) is 4.79 Å². The highest BCUT2D eigenvalue weighted by Crippen LogP contribution is 2.36. The summed E-state index contributed by atoms with van der Waals surface area (Å²) < 4.78 is 0. The van der Waals surface area contributed by atoms with Gasteiger partial charge in [0, 0.05) is 23.2 Å². The minimum Gasteiger partial charge on any atom is -0.508 e. The molecule has 1 fully saturated rings. The second-order valence-electron chi connectivity index (χ2n) is 4.26. The molecule has 1 aliphatic heterocycles. The maximum atomic E-state index is 12.0. The first-order valence-corrected chi connectivity index (χ1v) is 5.34. The van der Waals surface area contributed by atoms with Crippen molar-refractivity contribution < 1.29 is 9.90 Å². The Bertz CT molecular complexity index is 416. The molecular formula is C13H15NO2. The van der Waals surface area contributed by atoms with Crippen LogP contribution in [0.15, 0.2) is 36.5 Å². The molecule has 1 N–H and O–H groups in total. The van der Waals surface area contributed by atoms with E-state index in [-0.39, 0.29) is 23.5 Å². The summed E-state index contributed by atoms with van der Waals surface area (Å²) >= 11 is 0. The van der Waals surface area contributed by atoms with Crippen LogP contribution in [0.25, 0.3) is 0 Å². The third kappa shape index (κ3) is 1.48. The highest BCUT2D eigenvalue weighted by Gasteiger charge is 2.38. The van der Waals surface area contributed by atoms with Crippen molar-refractivity contribution in [3.8, 4) is 5.75 Å². The van der Waals surface area contributed by atoms with Gasteiger partial charge in [0.1, 0.15) is 5.75 Å². The molecule has 1 heterocycles. The molecule has 16 heavy (non-hydrogen) atoms. The number of hydrogen-bond acceptors (Lipinski definition) is 2. The van der Waals surface area contributed by atoms with Gasteiger partial charge in [-0.05, 0) is 24.3 Å². The third-order valence-electron chi connectivity index (χ3n) is 3.28. The van der Waals surface area contributed by atoms with Gasteiger partial charge in [-0.15, -0.1) is 0 Å². The minimum absolute atomic E-state index is 0.0266. The third-order valence-corrected chi connectivity index (χ3v) is 3.28. The van der Waals surface area contributed by atoms with Gasteiger partial charge < -0.3 is 5.11 Å².